The summed E-state index contributed by atoms with van der Waals surface area (Å²) in [6, 6.07) is 14.6. The van der Waals surface area contributed by atoms with E-state index in [9.17, 15) is 4.79 Å². The van der Waals surface area contributed by atoms with Crippen molar-refractivity contribution in [3.63, 3.8) is 0 Å². The van der Waals surface area contributed by atoms with Gasteiger partial charge in [0.25, 0.3) is 5.91 Å². The van der Waals surface area contributed by atoms with E-state index < -0.39 is 0 Å². The molecule has 29 heavy (non-hydrogen) atoms. The molecule has 1 aromatic heterocycles. The van der Waals surface area contributed by atoms with Gasteiger partial charge in [-0.2, -0.15) is 0 Å². The van der Waals surface area contributed by atoms with E-state index in [0.29, 0.717) is 24.4 Å². The first kappa shape index (κ1) is 20.0. The number of carbonyl (C=O) groups is 1. The minimum atomic E-state index is 0.0661. The lowest BCUT2D eigenvalue weighted by atomic mass is 9.72. The molecule has 1 unspecified atom stereocenters. The van der Waals surface area contributed by atoms with Gasteiger partial charge in [0.05, 0.1) is 5.56 Å². The summed E-state index contributed by atoms with van der Waals surface area (Å²) >= 11 is 1.76. The number of amides is 1. The van der Waals surface area contributed by atoms with Crippen molar-refractivity contribution >= 4 is 33.7 Å². The summed E-state index contributed by atoms with van der Waals surface area (Å²) < 4.78 is 0. The summed E-state index contributed by atoms with van der Waals surface area (Å²) in [7, 11) is 0. The maximum atomic E-state index is 12.7. The Labute approximate surface area is 177 Å². The van der Waals surface area contributed by atoms with Gasteiger partial charge in [-0.15, -0.1) is 11.3 Å². The largest absolute Gasteiger partial charge is 0.383 e. The van der Waals surface area contributed by atoms with E-state index in [1.165, 1.54) is 27.6 Å². The van der Waals surface area contributed by atoms with Crippen LogP contribution in [0.25, 0.3) is 10.8 Å². The standard InChI is InChI=1S/C25H30N2OS/c1-25(2,3)18-11-12-20-21(16-29-23(20)15-18)24(28)27-14-13-26-22-10-6-8-17-7-4-5-9-19(17)22/h4-10,16,18,26H,11-15H2,1-3H3,(H,27,28). The summed E-state index contributed by atoms with van der Waals surface area (Å²) in [4.78, 5) is 14.2. The van der Waals surface area contributed by atoms with Crippen molar-refractivity contribution in [1.82, 2.24) is 5.32 Å². The number of anilines is 1. The van der Waals surface area contributed by atoms with Crippen molar-refractivity contribution in [3.05, 3.63) is 63.8 Å². The van der Waals surface area contributed by atoms with Crippen LogP contribution in [0.3, 0.4) is 0 Å². The van der Waals surface area contributed by atoms with E-state index in [4.69, 9.17) is 0 Å². The zero-order chi connectivity index (χ0) is 20.4. The summed E-state index contributed by atoms with van der Waals surface area (Å²) in [5, 5.41) is 11.1. The van der Waals surface area contributed by atoms with Crippen LogP contribution in [-0.2, 0) is 12.8 Å². The van der Waals surface area contributed by atoms with Gasteiger partial charge in [0, 0.05) is 34.4 Å². The zero-order valence-electron chi connectivity index (χ0n) is 17.5. The molecule has 0 spiro atoms. The van der Waals surface area contributed by atoms with E-state index in [-0.39, 0.29) is 5.91 Å². The van der Waals surface area contributed by atoms with Gasteiger partial charge in [0.15, 0.2) is 0 Å². The summed E-state index contributed by atoms with van der Waals surface area (Å²) in [6.07, 6.45) is 3.31. The Morgan fingerprint density at radius 1 is 1.10 bits per heavy atom. The maximum absolute atomic E-state index is 12.7. The van der Waals surface area contributed by atoms with E-state index >= 15 is 0 Å². The normalized spacial score (nSPS) is 16.4. The summed E-state index contributed by atoms with van der Waals surface area (Å²) in [5.74, 6) is 0.769. The molecule has 1 aliphatic rings. The van der Waals surface area contributed by atoms with Crippen LogP contribution in [0.4, 0.5) is 5.69 Å². The van der Waals surface area contributed by atoms with Gasteiger partial charge in [-0.3, -0.25) is 4.79 Å². The van der Waals surface area contributed by atoms with Crippen LogP contribution in [-0.4, -0.2) is 19.0 Å². The number of hydrogen-bond acceptors (Lipinski definition) is 3. The molecule has 1 aliphatic carbocycles. The van der Waals surface area contributed by atoms with Crippen molar-refractivity contribution in [3.8, 4) is 0 Å². The van der Waals surface area contributed by atoms with Crippen LogP contribution in [0.15, 0.2) is 47.8 Å². The average molecular weight is 407 g/mol. The lowest BCUT2D eigenvalue weighted by Gasteiger charge is -2.34. The van der Waals surface area contributed by atoms with Crippen molar-refractivity contribution in [2.75, 3.05) is 18.4 Å². The van der Waals surface area contributed by atoms with Gasteiger partial charge in [-0.05, 0) is 47.6 Å². The molecule has 2 N–H and O–H groups in total. The fraction of sp³-hybridized carbons (Fsp3) is 0.400. The fourth-order valence-corrected chi connectivity index (χ4v) is 5.45. The predicted molar refractivity (Wildman–Crippen MR) is 124 cm³/mol. The quantitative estimate of drug-likeness (QED) is 0.518. The topological polar surface area (TPSA) is 41.1 Å². The molecule has 0 bridgehead atoms. The minimum absolute atomic E-state index is 0.0661. The van der Waals surface area contributed by atoms with Crippen LogP contribution < -0.4 is 10.6 Å². The fourth-order valence-electron chi connectivity index (χ4n) is 4.29. The Morgan fingerprint density at radius 2 is 1.90 bits per heavy atom. The molecule has 4 rings (SSSR count). The van der Waals surface area contributed by atoms with Gasteiger partial charge in [-0.1, -0.05) is 57.2 Å². The Kier molecular flexibility index (Phi) is 5.64. The first-order valence-corrected chi connectivity index (χ1v) is 11.4. The maximum Gasteiger partial charge on any atom is 0.252 e. The second kappa shape index (κ2) is 8.19. The van der Waals surface area contributed by atoms with Crippen molar-refractivity contribution in [2.45, 2.75) is 40.0 Å². The van der Waals surface area contributed by atoms with Crippen molar-refractivity contribution in [2.24, 2.45) is 11.3 Å². The van der Waals surface area contributed by atoms with Gasteiger partial charge in [0.1, 0.15) is 0 Å². The predicted octanol–water partition coefficient (Wildman–Crippen LogP) is 5.89. The Balaban J connectivity index is 1.34. The molecule has 152 valence electrons. The van der Waals surface area contributed by atoms with Crippen LogP contribution >= 0.6 is 11.3 Å². The third-order valence-corrected chi connectivity index (χ3v) is 7.19. The Morgan fingerprint density at radius 3 is 2.72 bits per heavy atom. The SMILES string of the molecule is CC(C)(C)C1CCc2c(C(=O)NCCNc3cccc4ccccc34)csc2C1. The van der Waals surface area contributed by atoms with Crippen LogP contribution in [0, 0.1) is 11.3 Å². The molecule has 0 fully saturated rings. The molecule has 0 aliphatic heterocycles. The van der Waals surface area contributed by atoms with Gasteiger partial charge < -0.3 is 10.6 Å². The molecule has 0 radical (unpaired) electrons. The third-order valence-electron chi connectivity index (χ3n) is 6.14. The first-order valence-electron chi connectivity index (χ1n) is 10.5. The van der Waals surface area contributed by atoms with Gasteiger partial charge in [0.2, 0.25) is 0 Å². The van der Waals surface area contributed by atoms with Gasteiger partial charge in [-0.25, -0.2) is 0 Å². The minimum Gasteiger partial charge on any atom is -0.383 e. The summed E-state index contributed by atoms with van der Waals surface area (Å²) in [5.41, 5.74) is 3.62. The van der Waals surface area contributed by atoms with Crippen LogP contribution in [0.5, 0.6) is 0 Å². The average Bonchev–Trinajstić information content (AvgIpc) is 3.14. The molecule has 2 aromatic carbocycles. The highest BCUT2D eigenvalue weighted by molar-refractivity contribution is 7.10. The molecule has 0 saturated heterocycles. The number of benzene rings is 2. The Bertz CT molecular complexity index is 1010. The molecular weight excluding hydrogens is 376 g/mol. The van der Waals surface area contributed by atoms with E-state index in [1.54, 1.807) is 11.3 Å². The number of hydrogen-bond donors (Lipinski definition) is 2. The first-order chi connectivity index (χ1) is 13.9. The lowest BCUT2D eigenvalue weighted by Crippen LogP contribution is -2.30. The number of thiophene rings is 1. The molecular formula is C25H30N2OS. The van der Waals surface area contributed by atoms with Crippen LogP contribution in [0.1, 0.15) is 48.0 Å². The number of carbonyl (C=O) groups excluding carboxylic acids is 1. The molecule has 0 saturated carbocycles. The van der Waals surface area contributed by atoms with Gasteiger partial charge >= 0.3 is 0 Å². The third kappa shape index (κ3) is 4.32. The van der Waals surface area contributed by atoms with Crippen molar-refractivity contribution in [1.29, 1.82) is 0 Å². The molecule has 1 atom stereocenters. The van der Waals surface area contributed by atoms with Crippen LogP contribution in [0.2, 0.25) is 0 Å². The number of fused-ring (bicyclic) bond motifs is 2. The Hall–Kier alpha value is -2.33. The smallest absolute Gasteiger partial charge is 0.252 e. The second-order valence-corrected chi connectivity index (χ2v) is 10.0. The highest BCUT2D eigenvalue weighted by Crippen LogP contribution is 2.40. The summed E-state index contributed by atoms with van der Waals surface area (Å²) in [6.45, 7) is 8.29. The molecule has 3 nitrogen and oxygen atoms in total. The van der Waals surface area contributed by atoms with E-state index in [0.717, 1.165) is 24.1 Å². The lowest BCUT2D eigenvalue weighted by molar-refractivity contribution is 0.0954. The highest BCUT2D eigenvalue weighted by atomic mass is 32.1. The molecule has 1 heterocycles. The molecule has 4 heteroatoms. The monoisotopic (exact) mass is 406 g/mol. The highest BCUT2D eigenvalue weighted by Gasteiger charge is 2.31. The zero-order valence-corrected chi connectivity index (χ0v) is 18.4. The van der Waals surface area contributed by atoms with Crippen molar-refractivity contribution < 1.29 is 4.79 Å². The second-order valence-electron chi connectivity index (χ2n) is 9.07. The molecule has 3 aromatic rings. The van der Waals surface area contributed by atoms with E-state index in [2.05, 4.69) is 79.2 Å². The number of rotatable bonds is 5. The number of nitrogens with one attached hydrogen (secondary N) is 2. The molecule has 1 amide bonds. The van der Waals surface area contributed by atoms with E-state index in [1.807, 2.05) is 0 Å².